The number of nitro benzene ring substituents is 2. The molecule has 57 heavy (non-hydrogen) atoms. The average Bonchev–Trinajstić information content (AvgIpc) is 3.17. The number of nitrogens with one attached hydrogen (secondary N) is 2. The Balaban J connectivity index is 0.000000189. The van der Waals surface area contributed by atoms with Crippen LogP contribution in [0.15, 0.2) is 109 Å². The van der Waals surface area contributed by atoms with Crippen molar-refractivity contribution >= 4 is 57.3 Å². The number of hydrogen-bond donors (Lipinski definition) is 6. The van der Waals surface area contributed by atoms with Gasteiger partial charge >= 0.3 is 0 Å². The Kier molecular flexibility index (Phi) is 9.95. The highest BCUT2D eigenvalue weighted by Crippen LogP contribution is 2.45. The van der Waals surface area contributed by atoms with E-state index in [1.165, 1.54) is 24.3 Å². The van der Waals surface area contributed by atoms with Gasteiger partial charge in [-0.3, -0.25) is 39.4 Å². The molecule has 2 aliphatic rings. The molecule has 2 aliphatic carbocycles. The van der Waals surface area contributed by atoms with Gasteiger partial charge in [-0.2, -0.15) is 0 Å². The van der Waals surface area contributed by atoms with Crippen LogP contribution in [0, 0.1) is 20.2 Å². The lowest BCUT2D eigenvalue weighted by Crippen LogP contribution is -2.23. The first kappa shape index (κ1) is 38.3. The lowest BCUT2D eigenvalue weighted by Gasteiger charge is -2.22. The molecule has 0 spiro atoms. The Morgan fingerprint density at radius 3 is 1.02 bits per heavy atom. The molecule has 0 amide bonds. The molecule has 0 radical (unpaired) electrons. The molecule has 0 aromatic heterocycles. The summed E-state index contributed by atoms with van der Waals surface area (Å²) in [6.45, 7) is 0. The van der Waals surface area contributed by atoms with E-state index in [0.717, 1.165) is 24.3 Å². The average molecular weight is 769 g/mol. The minimum atomic E-state index is -0.901. The van der Waals surface area contributed by atoms with Crippen molar-refractivity contribution in [2.75, 3.05) is 10.6 Å². The lowest BCUT2D eigenvalue weighted by atomic mass is 9.81. The number of nitrogens with zero attached hydrogens (tertiary/aromatic N) is 2. The van der Waals surface area contributed by atoms with Crippen LogP contribution in [0.4, 0.5) is 34.1 Å². The van der Waals surface area contributed by atoms with Crippen LogP contribution < -0.4 is 10.6 Å². The van der Waals surface area contributed by atoms with E-state index in [4.69, 9.17) is 0 Å². The third kappa shape index (κ3) is 6.48. The normalized spacial score (nSPS) is 12.1. The van der Waals surface area contributed by atoms with E-state index in [2.05, 4.69) is 10.6 Å². The molecule has 6 aromatic rings. The van der Waals surface area contributed by atoms with E-state index in [1.807, 2.05) is 0 Å². The summed E-state index contributed by atoms with van der Waals surface area (Å²) in [4.78, 5) is 73.4. The monoisotopic (exact) mass is 768 g/mol. The number of fused-ring (bicyclic) bond motifs is 4. The molecule has 0 fully saturated rings. The highest BCUT2D eigenvalue weighted by Gasteiger charge is 2.42. The molecule has 0 saturated carbocycles. The summed E-state index contributed by atoms with van der Waals surface area (Å²) >= 11 is 0. The maximum Gasteiger partial charge on any atom is 0.281 e. The summed E-state index contributed by atoms with van der Waals surface area (Å²) in [5.74, 6) is -5.43. The number of phenolic OH excluding ortho intramolecular Hbond substituents is 4. The molecule has 284 valence electrons. The number of carbonyl (C=O) groups excluding carboxylic acids is 4. The summed E-state index contributed by atoms with van der Waals surface area (Å²) in [5, 5.41) is 69.4. The van der Waals surface area contributed by atoms with Gasteiger partial charge in [0.2, 0.25) is 23.1 Å². The van der Waals surface area contributed by atoms with Gasteiger partial charge in [0.15, 0.2) is 0 Å². The van der Waals surface area contributed by atoms with E-state index >= 15 is 0 Å². The van der Waals surface area contributed by atoms with Crippen LogP contribution in [-0.2, 0) is 0 Å². The first-order chi connectivity index (χ1) is 26.8. The highest BCUT2D eigenvalue weighted by atomic mass is 16.6. The second-order valence-corrected chi connectivity index (χ2v) is 12.3. The molecule has 0 atom stereocenters. The van der Waals surface area contributed by atoms with Gasteiger partial charge < -0.3 is 31.1 Å². The molecule has 16 heteroatoms. The summed E-state index contributed by atoms with van der Waals surface area (Å²) in [5.41, 5.74) is -2.48. The number of rotatable bonds is 6. The Bertz CT molecular complexity index is 2720. The Morgan fingerprint density at radius 2 is 0.667 bits per heavy atom. The van der Waals surface area contributed by atoms with Crippen molar-refractivity contribution in [3.63, 3.8) is 0 Å². The Hall–Kier alpha value is -8.40. The number of phenols is 4. The van der Waals surface area contributed by atoms with E-state index in [0.29, 0.717) is 11.4 Å². The molecule has 8 rings (SSSR count). The third-order valence-electron chi connectivity index (χ3n) is 9.00. The molecule has 6 aromatic carbocycles. The zero-order valence-corrected chi connectivity index (χ0v) is 28.3. The zero-order chi connectivity index (χ0) is 40.0. The largest absolute Gasteiger partial charge is 0.507 e. The van der Waals surface area contributed by atoms with Crippen molar-refractivity contribution in [2.24, 2.45) is 0 Å². The van der Waals surface area contributed by atoms with Gasteiger partial charge in [-0.1, -0.05) is 43.8 Å². The molecule has 6 N–H and O–H groups in total. The van der Waals surface area contributed by atoms with Crippen LogP contribution in [-0.4, -0.2) is 53.4 Å². The van der Waals surface area contributed by atoms with Crippen LogP contribution in [0.1, 0.15) is 71.1 Å². The van der Waals surface area contributed by atoms with Crippen molar-refractivity contribution in [2.45, 2.75) is 7.43 Å². The van der Waals surface area contributed by atoms with Crippen LogP contribution in [0.2, 0.25) is 0 Å². The van der Waals surface area contributed by atoms with Gasteiger partial charge in [0.25, 0.3) is 11.4 Å². The third-order valence-corrected chi connectivity index (χ3v) is 9.00. The lowest BCUT2D eigenvalue weighted by molar-refractivity contribution is -0.385. The van der Waals surface area contributed by atoms with Gasteiger partial charge in [-0.05, 0) is 60.7 Å². The predicted octanol–water partition coefficient (Wildman–Crippen LogP) is 7.69. The summed E-state index contributed by atoms with van der Waals surface area (Å²) in [7, 11) is 0. The second kappa shape index (κ2) is 14.8. The quantitative estimate of drug-likeness (QED) is 0.0538. The van der Waals surface area contributed by atoms with Gasteiger partial charge in [0, 0.05) is 23.5 Å². The minimum absolute atomic E-state index is 0. The molecule has 0 saturated heterocycles. The second-order valence-electron chi connectivity index (χ2n) is 12.3. The van der Waals surface area contributed by atoms with Crippen LogP contribution in [0.3, 0.4) is 0 Å². The van der Waals surface area contributed by atoms with Gasteiger partial charge in [-0.15, -0.1) is 0 Å². The summed E-state index contributed by atoms with van der Waals surface area (Å²) in [6.07, 6.45) is 0. The smallest absolute Gasteiger partial charge is 0.281 e. The molecule has 0 heterocycles. The zero-order valence-electron chi connectivity index (χ0n) is 28.3. The van der Waals surface area contributed by atoms with E-state index < -0.39 is 89.6 Å². The molecule has 16 nitrogen and oxygen atoms in total. The van der Waals surface area contributed by atoms with Gasteiger partial charge in [0.05, 0.1) is 54.6 Å². The van der Waals surface area contributed by atoms with Crippen LogP contribution >= 0.6 is 0 Å². The predicted molar refractivity (Wildman–Crippen MR) is 206 cm³/mol. The number of benzene rings is 6. The maximum atomic E-state index is 13.2. The molecule has 0 unspecified atom stereocenters. The van der Waals surface area contributed by atoms with Crippen molar-refractivity contribution < 1.29 is 49.5 Å². The molecule has 0 aliphatic heterocycles. The van der Waals surface area contributed by atoms with Crippen molar-refractivity contribution in [1.29, 1.82) is 0 Å². The number of ketones is 4. The number of nitro groups is 2. The van der Waals surface area contributed by atoms with Gasteiger partial charge in [0.1, 0.15) is 34.1 Å². The van der Waals surface area contributed by atoms with Crippen molar-refractivity contribution in [3.05, 3.63) is 174 Å². The van der Waals surface area contributed by atoms with E-state index in [9.17, 15) is 59.8 Å². The first-order valence-corrected chi connectivity index (χ1v) is 16.4. The van der Waals surface area contributed by atoms with Crippen LogP contribution in [0.25, 0.3) is 0 Å². The van der Waals surface area contributed by atoms with Gasteiger partial charge in [-0.25, -0.2) is 0 Å². The number of hydrogen-bond acceptors (Lipinski definition) is 14. The van der Waals surface area contributed by atoms with E-state index in [-0.39, 0.29) is 41.1 Å². The SMILES string of the molecule is C.O=C1c2c(O)ccc(Nc3ccccc3)c2C(=O)c2c([N+](=O)[O-])ccc(O)c21.O=C1c2c(O)ccc([N+](=O)[O-])c2C(=O)c2c(O)ccc(Nc3ccccc3)c21. The molecular weight excluding hydrogens is 740 g/mol. The summed E-state index contributed by atoms with van der Waals surface area (Å²) in [6, 6.07) is 26.8. The standard InChI is InChI=1S/2C20H12N2O6.CH4/c23-13-8-6-11(21-10-4-2-1-3-5-10)15-17(13)20(26)16-12(22(27)28)7-9-14(24)18(16)19(15)25;23-13-8-6-11(21-10-4-2-1-3-5-10)15-17(13)20(26)18-14(24)9-7-12(22(27)28)16(18)19(15)25;/h2*1-9,21,23-24H;1H4. The summed E-state index contributed by atoms with van der Waals surface area (Å²) < 4.78 is 0. The number of carbonyl (C=O) groups is 4. The van der Waals surface area contributed by atoms with Crippen molar-refractivity contribution in [1.82, 2.24) is 0 Å². The number of aromatic hydroxyl groups is 4. The minimum Gasteiger partial charge on any atom is -0.507 e. The van der Waals surface area contributed by atoms with Crippen molar-refractivity contribution in [3.8, 4) is 23.0 Å². The van der Waals surface area contributed by atoms with E-state index in [1.54, 1.807) is 60.7 Å². The molecular formula is C41H28N4O12. The fourth-order valence-electron chi connectivity index (χ4n) is 6.56. The Labute approximate surface area is 321 Å². The number of para-hydroxylation sites is 2. The topological polar surface area (TPSA) is 260 Å². The number of anilines is 4. The highest BCUT2D eigenvalue weighted by molar-refractivity contribution is 6.34. The fraction of sp³-hybridized carbons (Fsp3) is 0.0244. The van der Waals surface area contributed by atoms with Crippen LogP contribution in [0.5, 0.6) is 23.0 Å². The Morgan fingerprint density at radius 1 is 0.386 bits per heavy atom. The molecule has 0 bridgehead atoms. The maximum absolute atomic E-state index is 13.2. The first-order valence-electron chi connectivity index (χ1n) is 16.4. The fourth-order valence-corrected chi connectivity index (χ4v) is 6.56.